The Morgan fingerprint density at radius 1 is 0.355 bits per heavy atom. The van der Waals surface area contributed by atoms with Gasteiger partial charge in [-0.15, -0.1) is 0 Å². The zero-order valence-corrected chi connectivity index (χ0v) is 62.0. The number of allylic oxidation sites excluding steroid dienone is 4. The van der Waals surface area contributed by atoms with Crippen LogP contribution in [0.15, 0.2) is 24.3 Å². The second kappa shape index (κ2) is 64.2. The van der Waals surface area contributed by atoms with Crippen LogP contribution in [-0.2, 0) is 65.4 Å². The molecule has 0 amide bonds. The lowest BCUT2D eigenvalue weighted by Crippen LogP contribution is -2.30. The predicted octanol–water partition coefficient (Wildman–Crippen LogP) is 21.0. The van der Waals surface area contributed by atoms with Crippen molar-refractivity contribution in [1.29, 1.82) is 0 Å². The fourth-order valence-electron chi connectivity index (χ4n) is 10.7. The molecule has 548 valence electrons. The highest BCUT2D eigenvalue weighted by Gasteiger charge is 2.30. The third-order valence-corrected chi connectivity index (χ3v) is 18.8. The van der Waals surface area contributed by atoms with Gasteiger partial charge in [0.05, 0.1) is 26.4 Å². The van der Waals surface area contributed by atoms with Crippen LogP contribution in [0.4, 0.5) is 0 Å². The Labute approximate surface area is 567 Å². The van der Waals surface area contributed by atoms with Gasteiger partial charge in [-0.25, -0.2) is 9.13 Å². The molecule has 0 aliphatic carbocycles. The van der Waals surface area contributed by atoms with Crippen molar-refractivity contribution in [3.05, 3.63) is 24.3 Å². The number of hydrogen-bond donors (Lipinski definition) is 3. The molecule has 0 fully saturated rings. The number of ether oxygens (including phenoxy) is 4. The zero-order chi connectivity index (χ0) is 68.7. The first kappa shape index (κ1) is 90.5. The van der Waals surface area contributed by atoms with E-state index in [1.54, 1.807) is 0 Å². The Hall–Kier alpha value is -2.46. The molecule has 0 saturated heterocycles. The first-order chi connectivity index (χ1) is 44.8. The summed E-state index contributed by atoms with van der Waals surface area (Å²) in [5.41, 5.74) is 0. The molecule has 0 radical (unpaired) electrons. The van der Waals surface area contributed by atoms with Gasteiger partial charge in [0, 0.05) is 25.7 Å². The van der Waals surface area contributed by atoms with Gasteiger partial charge in [-0.1, -0.05) is 297 Å². The number of hydrogen-bond acceptors (Lipinski definition) is 15. The molecule has 0 aromatic heterocycles. The normalized spacial score (nSPS) is 14.6. The third-order valence-electron chi connectivity index (χ3n) is 16.9. The highest BCUT2D eigenvalue weighted by Crippen LogP contribution is 2.45. The Bertz CT molecular complexity index is 1910. The monoisotopic (exact) mass is 1360 g/mol. The number of aliphatic hydroxyl groups is 1. The van der Waals surface area contributed by atoms with Crippen LogP contribution in [0.2, 0.25) is 0 Å². The fraction of sp³-hybridized carbons (Fsp3) is 0.892. The maximum atomic E-state index is 13.0. The van der Waals surface area contributed by atoms with Gasteiger partial charge < -0.3 is 33.8 Å². The minimum atomic E-state index is -4.96. The van der Waals surface area contributed by atoms with Gasteiger partial charge in [-0.2, -0.15) is 0 Å². The molecular weight excluding hydrogens is 1220 g/mol. The average Bonchev–Trinajstić information content (AvgIpc) is 3.44. The summed E-state index contributed by atoms with van der Waals surface area (Å²) in [6, 6.07) is 0. The number of phosphoric ester groups is 2. The van der Waals surface area contributed by atoms with Gasteiger partial charge in [0.15, 0.2) is 12.2 Å². The van der Waals surface area contributed by atoms with E-state index in [1.165, 1.54) is 135 Å². The zero-order valence-electron chi connectivity index (χ0n) is 60.2. The van der Waals surface area contributed by atoms with Crippen molar-refractivity contribution in [2.45, 2.75) is 369 Å². The van der Waals surface area contributed by atoms with E-state index in [0.29, 0.717) is 31.6 Å². The molecular formula is C74H140O17P2. The molecule has 0 aliphatic rings. The van der Waals surface area contributed by atoms with Crippen molar-refractivity contribution < 1.29 is 80.2 Å². The number of carbonyl (C=O) groups excluding carboxylic acids is 4. The number of rotatable bonds is 70. The van der Waals surface area contributed by atoms with Crippen LogP contribution in [0, 0.1) is 17.8 Å². The SMILES string of the molecule is CCCCCC/C=C\C=C/CCCCCCCC(=O)O[C@H](COC(=O)CCCCCCCCC(C)C)COP(=O)(O)OC[C@H](O)COP(=O)(O)OC[C@@H](COC(=O)CCCCCCCCC(C)CC)OC(=O)CCCCCCCCCCCCCCCCCCC(C)C. The average molecular weight is 1360 g/mol. The van der Waals surface area contributed by atoms with Gasteiger partial charge in [0.1, 0.15) is 19.3 Å². The van der Waals surface area contributed by atoms with E-state index in [0.717, 1.165) is 127 Å². The van der Waals surface area contributed by atoms with E-state index in [4.69, 9.17) is 37.0 Å². The van der Waals surface area contributed by atoms with E-state index in [-0.39, 0.29) is 25.7 Å². The smallest absolute Gasteiger partial charge is 0.462 e. The maximum absolute atomic E-state index is 13.0. The molecule has 0 heterocycles. The molecule has 0 saturated carbocycles. The van der Waals surface area contributed by atoms with Crippen LogP contribution in [0.3, 0.4) is 0 Å². The van der Waals surface area contributed by atoms with Crippen LogP contribution < -0.4 is 0 Å². The number of esters is 4. The minimum absolute atomic E-state index is 0.0835. The summed E-state index contributed by atoms with van der Waals surface area (Å²) >= 11 is 0. The van der Waals surface area contributed by atoms with Crippen LogP contribution in [-0.4, -0.2) is 96.7 Å². The summed E-state index contributed by atoms with van der Waals surface area (Å²) in [5.74, 6) is 0.0575. The summed E-state index contributed by atoms with van der Waals surface area (Å²) in [5, 5.41) is 10.6. The topological polar surface area (TPSA) is 237 Å². The maximum Gasteiger partial charge on any atom is 0.472 e. The van der Waals surface area contributed by atoms with E-state index in [9.17, 15) is 43.2 Å². The number of phosphoric acid groups is 2. The van der Waals surface area contributed by atoms with Gasteiger partial charge in [-0.05, 0) is 69.1 Å². The molecule has 0 aliphatic heterocycles. The second-order valence-electron chi connectivity index (χ2n) is 27.2. The fourth-order valence-corrected chi connectivity index (χ4v) is 12.3. The summed E-state index contributed by atoms with van der Waals surface area (Å²) in [6.07, 6.45) is 52.4. The Morgan fingerprint density at radius 2 is 0.634 bits per heavy atom. The first-order valence-corrected chi connectivity index (χ1v) is 40.7. The Balaban J connectivity index is 5.23. The highest BCUT2D eigenvalue weighted by molar-refractivity contribution is 7.47. The summed E-state index contributed by atoms with van der Waals surface area (Å²) in [4.78, 5) is 72.6. The molecule has 93 heavy (non-hydrogen) atoms. The Morgan fingerprint density at radius 3 is 0.957 bits per heavy atom. The second-order valence-corrected chi connectivity index (χ2v) is 30.1. The minimum Gasteiger partial charge on any atom is -0.462 e. The lowest BCUT2D eigenvalue weighted by molar-refractivity contribution is -0.161. The van der Waals surface area contributed by atoms with E-state index in [1.807, 2.05) is 0 Å². The molecule has 6 atom stereocenters. The highest BCUT2D eigenvalue weighted by atomic mass is 31.2. The standard InChI is InChI=1S/C74H140O17P2/c1-8-10-11-12-13-14-15-16-19-23-26-29-32-43-50-57-73(78)90-69(61-84-71(76)55-48-41-36-34-39-46-53-66(5)6)63-88-92(80,81)86-59-68(75)60-87-93(82,83)89-64-70(62-85-72(77)56-49-42-37-35-40-47-54-67(7)9-2)91-74(79)58-51-44-33-30-27-24-21-18-17-20-22-25-28-31-38-45-52-65(3)4/h14-16,19,65-70,75H,8-13,17-18,20-64H2,1-7H3,(H,80,81)(H,82,83)/b15-14-,19-16-/t67?,68-,69+,70+/m0/s1. The van der Waals surface area contributed by atoms with Crippen LogP contribution in [0.1, 0.15) is 350 Å². The van der Waals surface area contributed by atoms with Crippen molar-refractivity contribution in [1.82, 2.24) is 0 Å². The molecule has 3 N–H and O–H groups in total. The van der Waals surface area contributed by atoms with Crippen molar-refractivity contribution in [2.75, 3.05) is 39.6 Å². The quantitative estimate of drug-likeness (QED) is 0.0169. The lowest BCUT2D eigenvalue weighted by Gasteiger charge is -2.21. The van der Waals surface area contributed by atoms with E-state index < -0.39 is 97.5 Å². The predicted molar refractivity (Wildman–Crippen MR) is 377 cm³/mol. The van der Waals surface area contributed by atoms with Crippen molar-refractivity contribution >= 4 is 39.5 Å². The van der Waals surface area contributed by atoms with Crippen molar-refractivity contribution in [3.63, 3.8) is 0 Å². The summed E-state index contributed by atoms with van der Waals surface area (Å²) < 4.78 is 68.3. The number of carbonyl (C=O) groups is 4. The first-order valence-electron chi connectivity index (χ1n) is 37.7. The van der Waals surface area contributed by atoms with E-state index >= 15 is 0 Å². The van der Waals surface area contributed by atoms with Gasteiger partial charge in [-0.3, -0.25) is 37.3 Å². The molecule has 17 nitrogen and oxygen atoms in total. The molecule has 19 heteroatoms. The number of aliphatic hydroxyl groups excluding tert-OH is 1. The lowest BCUT2D eigenvalue weighted by atomic mass is 10.00. The molecule has 0 spiro atoms. The van der Waals surface area contributed by atoms with Crippen LogP contribution in [0.5, 0.6) is 0 Å². The molecule has 0 aromatic carbocycles. The number of unbranched alkanes of at least 4 members (excludes halogenated alkanes) is 34. The van der Waals surface area contributed by atoms with Gasteiger partial charge in [0.25, 0.3) is 0 Å². The van der Waals surface area contributed by atoms with Crippen molar-refractivity contribution in [3.8, 4) is 0 Å². The largest absolute Gasteiger partial charge is 0.472 e. The van der Waals surface area contributed by atoms with Crippen LogP contribution in [0.25, 0.3) is 0 Å². The van der Waals surface area contributed by atoms with E-state index in [2.05, 4.69) is 72.8 Å². The molecule has 0 rings (SSSR count). The third kappa shape index (κ3) is 66.6. The van der Waals surface area contributed by atoms with Gasteiger partial charge in [0.2, 0.25) is 0 Å². The van der Waals surface area contributed by atoms with Crippen molar-refractivity contribution in [2.24, 2.45) is 17.8 Å². The summed E-state index contributed by atoms with van der Waals surface area (Å²) in [6.45, 7) is 11.7. The molecule has 3 unspecified atom stereocenters. The Kier molecular flexibility index (Phi) is 62.5. The van der Waals surface area contributed by atoms with Gasteiger partial charge >= 0.3 is 39.5 Å². The molecule has 0 bridgehead atoms. The van der Waals surface area contributed by atoms with Crippen LogP contribution >= 0.6 is 15.6 Å². The molecule has 0 aromatic rings. The summed E-state index contributed by atoms with van der Waals surface area (Å²) in [7, 11) is -9.92.